The molecule has 1 aromatic heterocycles. The summed E-state index contributed by atoms with van der Waals surface area (Å²) in [7, 11) is 0. The zero-order valence-corrected chi connectivity index (χ0v) is 13.7. The van der Waals surface area contributed by atoms with Gasteiger partial charge in [-0.1, -0.05) is 12.1 Å². The van der Waals surface area contributed by atoms with E-state index in [4.69, 9.17) is 10.00 Å². The fourth-order valence-electron chi connectivity index (χ4n) is 2.85. The maximum atomic E-state index is 10.2. The summed E-state index contributed by atoms with van der Waals surface area (Å²) in [6, 6.07) is 9.49. The van der Waals surface area contributed by atoms with E-state index in [2.05, 4.69) is 25.7 Å². The number of aliphatic hydroxyl groups excluding tert-OH is 1. The molecule has 1 atom stereocenters. The first-order chi connectivity index (χ1) is 11.7. The number of benzene rings is 1. The molecule has 126 valence electrons. The Kier molecular flexibility index (Phi) is 5.08. The second-order valence-electron chi connectivity index (χ2n) is 5.99. The maximum absolute atomic E-state index is 10.2. The van der Waals surface area contributed by atoms with Gasteiger partial charge in [0.25, 0.3) is 0 Å². The lowest BCUT2D eigenvalue weighted by molar-refractivity contribution is 0.0582. The van der Waals surface area contributed by atoms with Gasteiger partial charge in [-0.3, -0.25) is 4.90 Å². The molecule has 1 unspecified atom stereocenters. The molecule has 2 heterocycles. The Labute approximate surface area is 141 Å². The number of ether oxygens (including phenoxy) is 1. The van der Waals surface area contributed by atoms with Gasteiger partial charge in [-0.15, -0.1) is 10.2 Å². The molecule has 24 heavy (non-hydrogen) atoms. The Morgan fingerprint density at radius 1 is 1.29 bits per heavy atom. The number of aliphatic hydroxyl groups is 1. The molecule has 0 amide bonds. The average molecular weight is 327 g/mol. The summed E-state index contributed by atoms with van der Waals surface area (Å²) in [6.45, 7) is 5.14. The Morgan fingerprint density at radius 2 is 2.08 bits per heavy atom. The molecule has 0 fully saturated rings. The van der Waals surface area contributed by atoms with Crippen molar-refractivity contribution in [3.63, 3.8) is 0 Å². The minimum atomic E-state index is -0.570. The van der Waals surface area contributed by atoms with Crippen LogP contribution in [0.3, 0.4) is 0 Å². The average Bonchev–Trinajstić information content (AvgIpc) is 2.95. The molecule has 0 saturated carbocycles. The summed E-state index contributed by atoms with van der Waals surface area (Å²) in [6.07, 6.45) is -0.179. The number of aromatic nitrogens is 3. The highest BCUT2D eigenvalue weighted by molar-refractivity contribution is 5.28. The molecule has 3 rings (SSSR count). The van der Waals surface area contributed by atoms with E-state index in [9.17, 15) is 5.11 Å². The van der Waals surface area contributed by atoms with E-state index in [0.29, 0.717) is 25.3 Å². The van der Waals surface area contributed by atoms with Crippen LogP contribution in [0.5, 0.6) is 5.75 Å². The monoisotopic (exact) mass is 327 g/mol. The van der Waals surface area contributed by atoms with Gasteiger partial charge in [0.15, 0.2) is 0 Å². The molecule has 0 saturated heterocycles. The van der Waals surface area contributed by atoms with Gasteiger partial charge in [-0.25, -0.2) is 0 Å². The summed E-state index contributed by atoms with van der Waals surface area (Å²) in [5, 5.41) is 27.1. The zero-order valence-electron chi connectivity index (χ0n) is 13.7. The van der Waals surface area contributed by atoms with E-state index in [-0.39, 0.29) is 6.61 Å². The molecule has 0 spiro atoms. The fourth-order valence-corrected chi connectivity index (χ4v) is 2.85. The quantitative estimate of drug-likeness (QED) is 0.848. The van der Waals surface area contributed by atoms with Crippen molar-refractivity contribution in [2.45, 2.75) is 32.5 Å². The Hall–Kier alpha value is -2.43. The highest BCUT2D eigenvalue weighted by Gasteiger charge is 2.21. The number of aryl methyl sites for hydroxylation is 1. The third-order valence-electron chi connectivity index (χ3n) is 4.14. The Bertz CT molecular complexity index is 720. The van der Waals surface area contributed by atoms with Gasteiger partial charge in [0.2, 0.25) is 0 Å². The van der Waals surface area contributed by atoms with Crippen molar-refractivity contribution >= 4 is 0 Å². The van der Waals surface area contributed by atoms with Crippen LogP contribution in [0.2, 0.25) is 0 Å². The van der Waals surface area contributed by atoms with E-state index < -0.39 is 6.10 Å². The number of β-amino-alcohol motifs (C(OH)–C–C–N with tert-alkyl or cyclic N) is 1. The largest absolute Gasteiger partial charge is 0.491 e. The van der Waals surface area contributed by atoms with Crippen molar-refractivity contribution in [3.05, 3.63) is 41.5 Å². The molecule has 1 aliphatic rings. The molecular formula is C17H21N5O2. The maximum Gasteiger partial charge on any atom is 0.147 e. The lowest BCUT2D eigenvalue weighted by atomic mass is 10.2. The minimum Gasteiger partial charge on any atom is -0.491 e. The van der Waals surface area contributed by atoms with Crippen LogP contribution in [0.1, 0.15) is 17.2 Å². The number of fused-ring (bicyclic) bond motifs is 1. The van der Waals surface area contributed by atoms with Gasteiger partial charge < -0.3 is 14.4 Å². The minimum absolute atomic E-state index is 0.236. The first-order valence-electron chi connectivity index (χ1n) is 8.03. The normalized spacial score (nSPS) is 15.5. The van der Waals surface area contributed by atoms with Crippen LogP contribution in [0, 0.1) is 18.3 Å². The lowest BCUT2D eigenvalue weighted by Gasteiger charge is -2.29. The van der Waals surface area contributed by atoms with Crippen molar-refractivity contribution in [1.29, 1.82) is 5.26 Å². The van der Waals surface area contributed by atoms with Crippen molar-refractivity contribution in [2.75, 3.05) is 19.7 Å². The van der Waals surface area contributed by atoms with E-state index >= 15 is 0 Å². The second kappa shape index (κ2) is 7.43. The lowest BCUT2D eigenvalue weighted by Crippen LogP contribution is -2.40. The van der Waals surface area contributed by atoms with Gasteiger partial charge in [0.05, 0.1) is 19.0 Å². The van der Waals surface area contributed by atoms with Gasteiger partial charge in [-0.05, 0) is 24.6 Å². The molecule has 1 N–H and O–H groups in total. The molecule has 7 heteroatoms. The van der Waals surface area contributed by atoms with E-state index in [0.717, 1.165) is 30.3 Å². The Balaban J connectivity index is 1.46. The number of rotatable bonds is 6. The standard InChI is InChI=1S/C17H21N5O2/c1-13-19-20-17-11-21(8-9-22(13)17)10-15(23)12-24-16-4-2-14(3-5-16)6-7-18/h2-5,15,23H,6,8-12H2,1H3. The van der Waals surface area contributed by atoms with Crippen LogP contribution in [-0.2, 0) is 19.5 Å². The van der Waals surface area contributed by atoms with Crippen LogP contribution >= 0.6 is 0 Å². The first kappa shape index (κ1) is 16.4. The SMILES string of the molecule is Cc1nnc2n1CCN(CC(O)COc1ccc(CC#N)cc1)C2. The number of hydrogen-bond acceptors (Lipinski definition) is 6. The molecule has 2 aromatic rings. The summed E-state index contributed by atoms with van der Waals surface area (Å²) < 4.78 is 7.74. The molecule has 1 aromatic carbocycles. The highest BCUT2D eigenvalue weighted by atomic mass is 16.5. The molecule has 0 aliphatic carbocycles. The predicted octanol–water partition coefficient (Wildman–Crippen LogP) is 0.908. The molecule has 0 bridgehead atoms. The third-order valence-corrected chi connectivity index (χ3v) is 4.14. The summed E-state index contributed by atoms with van der Waals surface area (Å²) in [5.74, 6) is 2.58. The zero-order chi connectivity index (χ0) is 16.9. The number of nitrogens with zero attached hydrogens (tertiary/aromatic N) is 5. The topological polar surface area (TPSA) is 87.2 Å². The number of hydrogen-bond donors (Lipinski definition) is 1. The van der Waals surface area contributed by atoms with Crippen molar-refractivity contribution in [2.24, 2.45) is 0 Å². The summed E-state index contributed by atoms with van der Waals surface area (Å²) in [5.41, 5.74) is 0.957. The van der Waals surface area contributed by atoms with Crippen molar-refractivity contribution in [1.82, 2.24) is 19.7 Å². The first-order valence-corrected chi connectivity index (χ1v) is 8.03. The van der Waals surface area contributed by atoms with Gasteiger partial charge in [0, 0.05) is 19.6 Å². The molecule has 7 nitrogen and oxygen atoms in total. The van der Waals surface area contributed by atoms with Gasteiger partial charge in [-0.2, -0.15) is 5.26 Å². The second-order valence-corrected chi connectivity index (χ2v) is 5.99. The van der Waals surface area contributed by atoms with E-state index in [1.54, 1.807) is 0 Å². The fraction of sp³-hybridized carbons (Fsp3) is 0.471. The summed E-state index contributed by atoms with van der Waals surface area (Å²) >= 11 is 0. The van der Waals surface area contributed by atoms with Crippen LogP contribution in [-0.4, -0.2) is 50.6 Å². The highest BCUT2D eigenvalue weighted by Crippen LogP contribution is 2.14. The molecular weight excluding hydrogens is 306 g/mol. The van der Waals surface area contributed by atoms with Crippen molar-refractivity contribution in [3.8, 4) is 11.8 Å². The van der Waals surface area contributed by atoms with Gasteiger partial charge in [0.1, 0.15) is 30.1 Å². The van der Waals surface area contributed by atoms with Crippen molar-refractivity contribution < 1.29 is 9.84 Å². The predicted molar refractivity (Wildman–Crippen MR) is 87.3 cm³/mol. The van der Waals surface area contributed by atoms with Crippen LogP contribution in [0.15, 0.2) is 24.3 Å². The van der Waals surface area contributed by atoms with E-state index in [1.807, 2.05) is 31.2 Å². The smallest absolute Gasteiger partial charge is 0.147 e. The van der Waals surface area contributed by atoms with Gasteiger partial charge >= 0.3 is 0 Å². The Morgan fingerprint density at radius 3 is 2.83 bits per heavy atom. The van der Waals surface area contributed by atoms with Crippen LogP contribution in [0.25, 0.3) is 0 Å². The summed E-state index contributed by atoms with van der Waals surface area (Å²) in [4.78, 5) is 2.16. The third kappa shape index (κ3) is 3.91. The molecule has 1 aliphatic heterocycles. The number of nitriles is 1. The molecule has 0 radical (unpaired) electrons. The van der Waals surface area contributed by atoms with Crippen LogP contribution < -0.4 is 4.74 Å². The van der Waals surface area contributed by atoms with Crippen LogP contribution in [0.4, 0.5) is 0 Å². The van der Waals surface area contributed by atoms with E-state index in [1.165, 1.54) is 0 Å².